The summed E-state index contributed by atoms with van der Waals surface area (Å²) in [7, 11) is 0. The predicted octanol–water partition coefficient (Wildman–Crippen LogP) is 1.01. The average Bonchev–Trinajstić information content (AvgIpc) is 1.83. The summed E-state index contributed by atoms with van der Waals surface area (Å²) in [6.07, 6.45) is 1.25. The van der Waals surface area contributed by atoms with Crippen LogP contribution in [-0.2, 0) is 19.1 Å². The third-order valence-electron chi connectivity index (χ3n) is 1.06. The van der Waals surface area contributed by atoms with Gasteiger partial charge >= 0.3 is 11.9 Å². The van der Waals surface area contributed by atoms with Gasteiger partial charge in [0.15, 0.2) is 0 Å². The number of ether oxygens (including phenoxy) is 2. The van der Waals surface area contributed by atoms with Crippen LogP contribution in [0.25, 0.3) is 0 Å². The molecule has 0 saturated heterocycles. The summed E-state index contributed by atoms with van der Waals surface area (Å²) in [6, 6.07) is 0. The Labute approximate surface area is 71.2 Å². The Bertz CT molecular complexity index is 191. The maximum absolute atomic E-state index is 10.5. The van der Waals surface area contributed by atoms with Crippen LogP contribution >= 0.6 is 0 Å². The zero-order chi connectivity index (χ0) is 9.78. The van der Waals surface area contributed by atoms with Crippen LogP contribution in [0.3, 0.4) is 0 Å². The van der Waals surface area contributed by atoms with Gasteiger partial charge in [-0.3, -0.25) is 9.59 Å². The normalized spacial score (nSPS) is 10.2. The van der Waals surface area contributed by atoms with Crippen molar-refractivity contribution in [2.24, 2.45) is 0 Å². The van der Waals surface area contributed by atoms with Crippen LogP contribution in [0.15, 0.2) is 12.7 Å². The SMILES string of the molecule is C=CC(C)(OC(C)=O)OC(C)=O. The van der Waals surface area contributed by atoms with E-state index in [1.54, 1.807) is 0 Å². The van der Waals surface area contributed by atoms with Crippen LogP contribution in [0.1, 0.15) is 20.8 Å². The second kappa shape index (κ2) is 3.90. The summed E-state index contributed by atoms with van der Waals surface area (Å²) in [4.78, 5) is 21.1. The molecule has 0 amide bonds. The van der Waals surface area contributed by atoms with Gasteiger partial charge in [-0.05, 0) is 6.08 Å². The van der Waals surface area contributed by atoms with Crippen LogP contribution in [0, 0.1) is 0 Å². The van der Waals surface area contributed by atoms with E-state index in [1.165, 1.54) is 26.8 Å². The molecule has 0 fully saturated rings. The van der Waals surface area contributed by atoms with E-state index < -0.39 is 17.7 Å². The highest BCUT2D eigenvalue weighted by molar-refractivity contribution is 5.69. The molecule has 68 valence electrons. The largest absolute Gasteiger partial charge is 0.419 e. The van der Waals surface area contributed by atoms with E-state index in [4.69, 9.17) is 9.47 Å². The van der Waals surface area contributed by atoms with E-state index in [1.807, 2.05) is 0 Å². The number of hydrogen-bond acceptors (Lipinski definition) is 4. The summed E-state index contributed by atoms with van der Waals surface area (Å²) < 4.78 is 9.40. The number of rotatable bonds is 3. The van der Waals surface area contributed by atoms with Gasteiger partial charge in [-0.25, -0.2) is 0 Å². The number of esters is 2. The van der Waals surface area contributed by atoms with Crippen molar-refractivity contribution in [3.05, 3.63) is 12.7 Å². The molecule has 0 saturated carbocycles. The molecule has 0 N–H and O–H groups in total. The average molecular weight is 172 g/mol. The minimum atomic E-state index is -1.35. The van der Waals surface area contributed by atoms with E-state index in [9.17, 15) is 9.59 Å². The first kappa shape index (κ1) is 10.7. The van der Waals surface area contributed by atoms with Crippen molar-refractivity contribution in [3.63, 3.8) is 0 Å². The van der Waals surface area contributed by atoms with E-state index in [0.29, 0.717) is 0 Å². The van der Waals surface area contributed by atoms with Crippen molar-refractivity contribution >= 4 is 11.9 Å². The van der Waals surface area contributed by atoms with Crippen LogP contribution in [0.4, 0.5) is 0 Å². The maximum Gasteiger partial charge on any atom is 0.306 e. The fourth-order valence-corrected chi connectivity index (χ4v) is 0.675. The molecule has 12 heavy (non-hydrogen) atoms. The molecule has 0 atom stereocenters. The van der Waals surface area contributed by atoms with Crippen LogP contribution in [0.5, 0.6) is 0 Å². The Morgan fingerprint density at radius 3 is 1.75 bits per heavy atom. The summed E-state index contributed by atoms with van der Waals surface area (Å²) in [5.74, 6) is -2.41. The molecule has 0 spiro atoms. The number of hydrogen-bond donors (Lipinski definition) is 0. The molecule has 0 aliphatic rings. The van der Waals surface area contributed by atoms with Crippen molar-refractivity contribution in [1.82, 2.24) is 0 Å². The molecule has 0 unspecified atom stereocenters. The molecule has 0 aliphatic carbocycles. The molecule has 0 aromatic carbocycles. The Balaban J connectivity index is 4.33. The van der Waals surface area contributed by atoms with E-state index in [-0.39, 0.29) is 0 Å². The Morgan fingerprint density at radius 1 is 1.25 bits per heavy atom. The van der Waals surface area contributed by atoms with Crippen molar-refractivity contribution in [3.8, 4) is 0 Å². The smallest absolute Gasteiger partial charge is 0.306 e. The third kappa shape index (κ3) is 3.75. The Hall–Kier alpha value is -1.32. The van der Waals surface area contributed by atoms with Gasteiger partial charge in [-0.2, -0.15) is 0 Å². The van der Waals surface area contributed by atoms with Gasteiger partial charge in [-0.1, -0.05) is 6.58 Å². The summed E-state index contributed by atoms with van der Waals surface area (Å²) in [5, 5.41) is 0. The number of carbonyl (C=O) groups excluding carboxylic acids is 2. The zero-order valence-corrected chi connectivity index (χ0v) is 7.42. The van der Waals surface area contributed by atoms with E-state index >= 15 is 0 Å². The fourth-order valence-electron chi connectivity index (χ4n) is 0.675. The number of carbonyl (C=O) groups is 2. The van der Waals surface area contributed by atoms with Gasteiger partial charge < -0.3 is 9.47 Å². The summed E-state index contributed by atoms with van der Waals surface area (Å²) in [6.45, 7) is 7.27. The van der Waals surface area contributed by atoms with Gasteiger partial charge in [0.25, 0.3) is 5.79 Å². The maximum atomic E-state index is 10.5. The van der Waals surface area contributed by atoms with Gasteiger partial charge in [0.05, 0.1) is 0 Å². The Kier molecular flexibility index (Phi) is 3.47. The highest BCUT2D eigenvalue weighted by atomic mass is 16.7. The van der Waals surface area contributed by atoms with E-state index in [0.717, 1.165) is 0 Å². The van der Waals surface area contributed by atoms with Crippen LogP contribution in [0.2, 0.25) is 0 Å². The van der Waals surface area contributed by atoms with Crippen molar-refractivity contribution in [2.45, 2.75) is 26.6 Å². The molecular formula is C8H12O4. The lowest BCUT2D eigenvalue weighted by molar-refractivity contribution is -0.203. The first-order valence-corrected chi connectivity index (χ1v) is 3.42. The molecular weight excluding hydrogens is 160 g/mol. The first-order chi connectivity index (χ1) is 5.39. The molecule has 4 heteroatoms. The highest BCUT2D eigenvalue weighted by Crippen LogP contribution is 2.13. The minimum absolute atomic E-state index is 0.529. The van der Waals surface area contributed by atoms with Crippen molar-refractivity contribution in [2.75, 3.05) is 0 Å². The molecule has 0 heterocycles. The highest BCUT2D eigenvalue weighted by Gasteiger charge is 2.26. The van der Waals surface area contributed by atoms with Gasteiger partial charge in [0.2, 0.25) is 0 Å². The van der Waals surface area contributed by atoms with Crippen molar-refractivity contribution < 1.29 is 19.1 Å². The Morgan fingerprint density at radius 2 is 1.58 bits per heavy atom. The first-order valence-electron chi connectivity index (χ1n) is 3.42. The van der Waals surface area contributed by atoms with E-state index in [2.05, 4.69) is 6.58 Å². The van der Waals surface area contributed by atoms with Gasteiger partial charge in [0.1, 0.15) is 0 Å². The lowest BCUT2D eigenvalue weighted by Crippen LogP contribution is -2.33. The second-order valence-corrected chi connectivity index (χ2v) is 2.41. The summed E-state index contributed by atoms with van der Waals surface area (Å²) >= 11 is 0. The van der Waals surface area contributed by atoms with Crippen LogP contribution < -0.4 is 0 Å². The van der Waals surface area contributed by atoms with Crippen molar-refractivity contribution in [1.29, 1.82) is 0 Å². The summed E-state index contributed by atoms with van der Waals surface area (Å²) in [5.41, 5.74) is 0. The lowest BCUT2D eigenvalue weighted by Gasteiger charge is -2.24. The molecule has 0 rings (SSSR count). The monoisotopic (exact) mass is 172 g/mol. The van der Waals surface area contributed by atoms with Gasteiger partial charge in [0, 0.05) is 20.8 Å². The molecule has 0 aromatic rings. The fraction of sp³-hybridized carbons (Fsp3) is 0.500. The standard InChI is InChI=1S/C8H12O4/c1-5-8(4,11-6(2)9)12-7(3)10/h5H,1H2,2-4H3. The zero-order valence-electron chi connectivity index (χ0n) is 7.42. The molecule has 0 aromatic heterocycles. The van der Waals surface area contributed by atoms with Gasteiger partial charge in [-0.15, -0.1) is 0 Å². The quantitative estimate of drug-likeness (QED) is 0.362. The predicted molar refractivity (Wildman–Crippen MR) is 42.1 cm³/mol. The minimum Gasteiger partial charge on any atom is -0.419 e. The van der Waals surface area contributed by atoms with Crippen LogP contribution in [-0.4, -0.2) is 17.7 Å². The molecule has 0 bridgehead atoms. The lowest BCUT2D eigenvalue weighted by atomic mass is 10.3. The second-order valence-electron chi connectivity index (χ2n) is 2.41. The molecule has 0 aliphatic heterocycles. The molecule has 4 nitrogen and oxygen atoms in total. The topological polar surface area (TPSA) is 52.6 Å². The molecule has 0 radical (unpaired) electrons. The third-order valence-corrected chi connectivity index (χ3v) is 1.06.